The van der Waals surface area contributed by atoms with E-state index in [1.54, 1.807) is 0 Å². The Morgan fingerprint density at radius 1 is 1.00 bits per heavy atom. The minimum absolute atomic E-state index is 0. The summed E-state index contributed by atoms with van der Waals surface area (Å²) < 4.78 is 0. The van der Waals surface area contributed by atoms with Gasteiger partial charge in [-0.2, -0.15) is 0 Å². The molecule has 0 atom stereocenters. The molecule has 0 amide bonds. The Morgan fingerprint density at radius 3 is 1.62 bits per heavy atom. The Kier molecular flexibility index (Phi) is 4.26. The molecule has 0 unspecified atom stereocenters. The Balaban J connectivity index is 0.00000144. The summed E-state index contributed by atoms with van der Waals surface area (Å²) in [6.45, 7) is 12.9. The largest absolute Gasteiger partial charge is 0.293 e. The zero-order valence-electron chi connectivity index (χ0n) is 9.68. The molecule has 80 valence electrons. The van der Waals surface area contributed by atoms with Crippen molar-refractivity contribution >= 4 is 12.4 Å². The molecule has 1 aliphatic rings. The van der Waals surface area contributed by atoms with Gasteiger partial charge in [0.05, 0.1) is 0 Å². The minimum Gasteiger partial charge on any atom is -0.293 e. The zero-order valence-corrected chi connectivity index (χ0v) is 10.5. The van der Waals surface area contributed by atoms with Crippen LogP contribution in [0.4, 0.5) is 0 Å². The Morgan fingerprint density at radius 2 is 1.38 bits per heavy atom. The van der Waals surface area contributed by atoms with Gasteiger partial charge in [-0.15, -0.1) is 12.4 Å². The average Bonchev–Trinajstić information content (AvgIpc) is 1.83. The molecule has 1 saturated heterocycles. The molecule has 1 heterocycles. The Hall–Kier alpha value is 0.250. The van der Waals surface area contributed by atoms with Crippen LogP contribution in [0.1, 0.15) is 53.9 Å². The SMILES string of the molecule is CCN1C(C)(C)CCCC1(C)C.Cl. The van der Waals surface area contributed by atoms with E-state index in [2.05, 4.69) is 39.5 Å². The van der Waals surface area contributed by atoms with Crippen LogP contribution in [-0.2, 0) is 0 Å². The van der Waals surface area contributed by atoms with Gasteiger partial charge in [-0.1, -0.05) is 6.92 Å². The van der Waals surface area contributed by atoms with Crippen molar-refractivity contribution in [2.45, 2.75) is 65.0 Å². The lowest BCUT2D eigenvalue weighted by Gasteiger charge is -2.52. The number of piperidine rings is 1. The van der Waals surface area contributed by atoms with Gasteiger partial charge in [-0.3, -0.25) is 4.90 Å². The molecule has 0 radical (unpaired) electrons. The van der Waals surface area contributed by atoms with E-state index in [4.69, 9.17) is 0 Å². The first kappa shape index (κ1) is 13.2. The fourth-order valence-corrected chi connectivity index (χ4v) is 2.90. The molecule has 2 heteroatoms. The fourth-order valence-electron chi connectivity index (χ4n) is 2.90. The van der Waals surface area contributed by atoms with E-state index in [9.17, 15) is 0 Å². The normalized spacial score (nSPS) is 26.5. The Bertz CT molecular complexity index is 147. The van der Waals surface area contributed by atoms with Crippen molar-refractivity contribution in [1.82, 2.24) is 4.90 Å². The topological polar surface area (TPSA) is 3.24 Å². The molecule has 1 fully saturated rings. The molecule has 1 nitrogen and oxygen atoms in total. The molecule has 0 aliphatic carbocycles. The van der Waals surface area contributed by atoms with E-state index in [0.717, 1.165) is 0 Å². The second-order valence-electron chi connectivity index (χ2n) is 5.22. The maximum absolute atomic E-state index is 2.64. The smallest absolute Gasteiger partial charge is 0.0158 e. The van der Waals surface area contributed by atoms with Gasteiger partial charge in [-0.25, -0.2) is 0 Å². The summed E-state index contributed by atoms with van der Waals surface area (Å²) in [5, 5.41) is 0. The first-order valence-electron chi connectivity index (χ1n) is 5.18. The minimum atomic E-state index is 0. The van der Waals surface area contributed by atoms with Gasteiger partial charge in [0, 0.05) is 11.1 Å². The maximum Gasteiger partial charge on any atom is 0.0158 e. The average molecular weight is 206 g/mol. The molecule has 0 bridgehead atoms. The van der Waals surface area contributed by atoms with E-state index in [0.29, 0.717) is 11.1 Å². The summed E-state index contributed by atoms with van der Waals surface area (Å²) in [5.41, 5.74) is 0.826. The predicted octanol–water partition coefficient (Wildman–Crippen LogP) is 3.47. The first-order chi connectivity index (χ1) is 5.40. The third-order valence-corrected chi connectivity index (χ3v) is 3.35. The van der Waals surface area contributed by atoms with E-state index in [1.165, 1.54) is 25.8 Å². The summed E-state index contributed by atoms with van der Waals surface area (Å²) in [6, 6.07) is 0. The second-order valence-corrected chi connectivity index (χ2v) is 5.22. The van der Waals surface area contributed by atoms with E-state index in [1.807, 2.05) is 0 Å². The summed E-state index contributed by atoms with van der Waals surface area (Å²) in [4.78, 5) is 2.64. The molecule has 13 heavy (non-hydrogen) atoms. The summed E-state index contributed by atoms with van der Waals surface area (Å²) in [6.07, 6.45) is 4.09. The van der Waals surface area contributed by atoms with Gasteiger partial charge in [0.1, 0.15) is 0 Å². The van der Waals surface area contributed by atoms with Crippen LogP contribution in [0, 0.1) is 0 Å². The number of likely N-dealkylation sites (tertiary alicyclic amines) is 1. The standard InChI is InChI=1S/C11H23N.ClH/c1-6-12-10(2,3)8-7-9-11(12,4)5;/h6-9H2,1-5H3;1H. The zero-order chi connectivity index (χ0) is 9.41. The number of nitrogens with zero attached hydrogens (tertiary/aromatic N) is 1. The van der Waals surface area contributed by atoms with E-state index >= 15 is 0 Å². The fraction of sp³-hybridized carbons (Fsp3) is 1.00. The van der Waals surface area contributed by atoms with Crippen molar-refractivity contribution in [3.8, 4) is 0 Å². The van der Waals surface area contributed by atoms with Gasteiger partial charge in [0.2, 0.25) is 0 Å². The highest BCUT2D eigenvalue weighted by Gasteiger charge is 2.39. The Labute approximate surface area is 89.3 Å². The number of hydrogen-bond acceptors (Lipinski definition) is 1. The quantitative estimate of drug-likeness (QED) is 0.634. The van der Waals surface area contributed by atoms with Crippen LogP contribution in [0.15, 0.2) is 0 Å². The molecule has 0 saturated carbocycles. The van der Waals surface area contributed by atoms with Crippen LogP contribution < -0.4 is 0 Å². The first-order valence-corrected chi connectivity index (χ1v) is 5.18. The van der Waals surface area contributed by atoms with Crippen LogP contribution >= 0.6 is 12.4 Å². The van der Waals surface area contributed by atoms with Crippen molar-refractivity contribution in [2.75, 3.05) is 6.54 Å². The summed E-state index contributed by atoms with van der Waals surface area (Å²) in [5.74, 6) is 0. The summed E-state index contributed by atoms with van der Waals surface area (Å²) >= 11 is 0. The highest BCUT2D eigenvalue weighted by atomic mass is 35.5. The van der Waals surface area contributed by atoms with Gasteiger partial charge in [-0.05, 0) is 53.5 Å². The highest BCUT2D eigenvalue weighted by molar-refractivity contribution is 5.85. The van der Waals surface area contributed by atoms with Crippen LogP contribution in [-0.4, -0.2) is 22.5 Å². The molecule has 0 N–H and O–H groups in total. The molecule has 1 aliphatic heterocycles. The van der Waals surface area contributed by atoms with Gasteiger partial charge in [0.25, 0.3) is 0 Å². The van der Waals surface area contributed by atoms with Crippen LogP contribution in [0.3, 0.4) is 0 Å². The molecular weight excluding hydrogens is 182 g/mol. The third kappa shape index (κ3) is 2.60. The molecular formula is C11H24ClN. The summed E-state index contributed by atoms with van der Waals surface area (Å²) in [7, 11) is 0. The van der Waals surface area contributed by atoms with Crippen molar-refractivity contribution in [3.05, 3.63) is 0 Å². The number of hydrogen-bond donors (Lipinski definition) is 0. The molecule has 0 spiro atoms. The van der Waals surface area contributed by atoms with Crippen LogP contribution in [0.5, 0.6) is 0 Å². The number of halogens is 1. The molecule has 1 rings (SSSR count). The van der Waals surface area contributed by atoms with Crippen LogP contribution in [0.2, 0.25) is 0 Å². The van der Waals surface area contributed by atoms with E-state index in [-0.39, 0.29) is 12.4 Å². The second kappa shape index (κ2) is 4.18. The van der Waals surface area contributed by atoms with Gasteiger partial charge in [0.15, 0.2) is 0 Å². The van der Waals surface area contributed by atoms with E-state index < -0.39 is 0 Å². The van der Waals surface area contributed by atoms with Crippen molar-refractivity contribution in [2.24, 2.45) is 0 Å². The predicted molar refractivity (Wildman–Crippen MR) is 61.6 cm³/mol. The number of rotatable bonds is 1. The van der Waals surface area contributed by atoms with Gasteiger partial charge >= 0.3 is 0 Å². The van der Waals surface area contributed by atoms with Crippen molar-refractivity contribution in [1.29, 1.82) is 0 Å². The monoisotopic (exact) mass is 205 g/mol. The molecule has 0 aromatic rings. The molecule has 0 aromatic carbocycles. The maximum atomic E-state index is 2.64. The lowest BCUT2D eigenvalue weighted by molar-refractivity contribution is -0.0218. The van der Waals surface area contributed by atoms with Crippen molar-refractivity contribution < 1.29 is 0 Å². The highest BCUT2D eigenvalue weighted by Crippen LogP contribution is 2.37. The van der Waals surface area contributed by atoms with Crippen molar-refractivity contribution in [3.63, 3.8) is 0 Å². The lowest BCUT2D eigenvalue weighted by atomic mass is 9.80. The lowest BCUT2D eigenvalue weighted by Crippen LogP contribution is -2.58. The van der Waals surface area contributed by atoms with Crippen LogP contribution in [0.25, 0.3) is 0 Å². The third-order valence-electron chi connectivity index (χ3n) is 3.35. The van der Waals surface area contributed by atoms with Gasteiger partial charge < -0.3 is 0 Å². The molecule has 0 aromatic heterocycles.